The molecule has 102 valence electrons. The summed E-state index contributed by atoms with van der Waals surface area (Å²) >= 11 is 0. The minimum atomic E-state index is 0.748. The van der Waals surface area contributed by atoms with Gasteiger partial charge in [0.05, 0.1) is 12.4 Å². The van der Waals surface area contributed by atoms with Crippen LogP contribution in [0.25, 0.3) is 0 Å². The number of hydrogen-bond donors (Lipinski definition) is 2. The van der Waals surface area contributed by atoms with E-state index in [1.807, 2.05) is 11.6 Å². The van der Waals surface area contributed by atoms with E-state index < -0.39 is 0 Å². The molecule has 0 aliphatic carbocycles. The van der Waals surface area contributed by atoms with Gasteiger partial charge in [-0.3, -0.25) is 4.98 Å². The van der Waals surface area contributed by atoms with Gasteiger partial charge in [-0.1, -0.05) is 6.92 Å². The van der Waals surface area contributed by atoms with Crippen molar-refractivity contribution in [2.24, 2.45) is 7.05 Å². The van der Waals surface area contributed by atoms with Gasteiger partial charge in [0.2, 0.25) is 0 Å². The average Bonchev–Trinajstić information content (AvgIpc) is 2.83. The lowest BCUT2D eigenvalue weighted by atomic mass is 10.4. The molecule has 0 amide bonds. The minimum absolute atomic E-state index is 0.748. The summed E-state index contributed by atoms with van der Waals surface area (Å²) in [5, 5.41) is 14.3. The summed E-state index contributed by atoms with van der Waals surface area (Å²) < 4.78 is 1.91. The van der Waals surface area contributed by atoms with Gasteiger partial charge in [0.25, 0.3) is 0 Å². The van der Waals surface area contributed by atoms with Crippen molar-refractivity contribution < 1.29 is 0 Å². The first-order valence-corrected chi connectivity index (χ1v) is 6.42. The van der Waals surface area contributed by atoms with E-state index in [0.29, 0.717) is 0 Å². The van der Waals surface area contributed by atoms with Crippen LogP contribution in [0.15, 0.2) is 18.7 Å². The van der Waals surface area contributed by atoms with Crippen LogP contribution in [0, 0.1) is 0 Å². The molecule has 0 unspecified atom stereocenters. The Labute approximate surface area is 112 Å². The van der Waals surface area contributed by atoms with Crippen molar-refractivity contribution in [2.45, 2.75) is 19.8 Å². The number of aromatic nitrogens is 5. The van der Waals surface area contributed by atoms with E-state index in [1.54, 1.807) is 18.7 Å². The minimum Gasteiger partial charge on any atom is -0.369 e. The van der Waals surface area contributed by atoms with Gasteiger partial charge in [-0.2, -0.15) is 0 Å². The molecule has 0 saturated heterocycles. The number of rotatable bonds is 7. The summed E-state index contributed by atoms with van der Waals surface area (Å²) in [7, 11) is 1.93. The van der Waals surface area contributed by atoms with E-state index in [9.17, 15) is 0 Å². The third-order valence-corrected chi connectivity index (χ3v) is 2.65. The van der Waals surface area contributed by atoms with Crippen LogP contribution in [0.3, 0.4) is 0 Å². The summed E-state index contributed by atoms with van der Waals surface area (Å²) in [6, 6.07) is 0. The summed E-state index contributed by atoms with van der Waals surface area (Å²) in [5.74, 6) is 2.51. The van der Waals surface area contributed by atoms with Crippen LogP contribution in [0.2, 0.25) is 0 Å². The molecule has 0 aliphatic heterocycles. The monoisotopic (exact) mass is 261 g/mol. The third-order valence-electron chi connectivity index (χ3n) is 2.65. The molecule has 19 heavy (non-hydrogen) atoms. The van der Waals surface area contributed by atoms with Gasteiger partial charge in [0, 0.05) is 26.6 Å². The van der Waals surface area contributed by atoms with E-state index in [1.165, 1.54) is 0 Å². The number of hydrogen-bond acceptors (Lipinski definition) is 6. The van der Waals surface area contributed by atoms with Gasteiger partial charge in [-0.25, -0.2) is 4.98 Å². The quantitative estimate of drug-likeness (QED) is 0.776. The van der Waals surface area contributed by atoms with Crippen LogP contribution < -0.4 is 10.6 Å². The molecule has 7 heteroatoms. The van der Waals surface area contributed by atoms with Crippen LogP contribution in [-0.2, 0) is 13.5 Å². The number of nitrogens with one attached hydrogen (secondary N) is 2. The smallest absolute Gasteiger partial charge is 0.146 e. The van der Waals surface area contributed by atoms with Crippen LogP contribution in [0.4, 0.5) is 11.6 Å². The molecule has 0 aromatic carbocycles. The molecular weight excluding hydrogens is 242 g/mol. The maximum Gasteiger partial charge on any atom is 0.146 e. The highest BCUT2D eigenvalue weighted by molar-refractivity contribution is 5.41. The van der Waals surface area contributed by atoms with Gasteiger partial charge in [0.1, 0.15) is 23.8 Å². The van der Waals surface area contributed by atoms with Crippen LogP contribution >= 0.6 is 0 Å². The fourth-order valence-electron chi connectivity index (χ4n) is 1.63. The molecule has 2 heterocycles. The number of aryl methyl sites for hydroxylation is 1. The largest absolute Gasteiger partial charge is 0.369 e. The predicted octanol–water partition coefficient (Wildman–Crippen LogP) is 1.08. The van der Waals surface area contributed by atoms with Crippen LogP contribution in [-0.4, -0.2) is 37.8 Å². The molecule has 0 aliphatic rings. The zero-order valence-electron chi connectivity index (χ0n) is 11.3. The standard InChI is InChI=1S/C12H19N7/c1-3-5-14-10-7-13-8-11(17-10)15-6-4-12-18-16-9-19(12)2/h7-9H,3-6H2,1-2H3,(H2,14,15,17). The molecule has 7 nitrogen and oxygen atoms in total. The van der Waals surface area contributed by atoms with E-state index in [-0.39, 0.29) is 0 Å². The van der Waals surface area contributed by atoms with Crippen LogP contribution in [0.1, 0.15) is 19.2 Å². The summed E-state index contributed by atoms with van der Waals surface area (Å²) in [6.45, 7) is 3.76. The first-order valence-electron chi connectivity index (χ1n) is 6.42. The fraction of sp³-hybridized carbons (Fsp3) is 0.500. The normalized spacial score (nSPS) is 10.4. The van der Waals surface area contributed by atoms with E-state index in [2.05, 4.69) is 37.7 Å². The van der Waals surface area contributed by atoms with Crippen molar-refractivity contribution in [1.29, 1.82) is 0 Å². The second kappa shape index (κ2) is 6.67. The lowest BCUT2D eigenvalue weighted by Crippen LogP contribution is -2.11. The Hall–Kier alpha value is -2.18. The van der Waals surface area contributed by atoms with Gasteiger partial charge >= 0.3 is 0 Å². The zero-order valence-corrected chi connectivity index (χ0v) is 11.3. The second-order valence-electron chi connectivity index (χ2n) is 4.25. The van der Waals surface area contributed by atoms with E-state index in [0.717, 1.165) is 43.4 Å². The summed E-state index contributed by atoms with van der Waals surface area (Å²) in [5.41, 5.74) is 0. The molecule has 0 spiro atoms. The van der Waals surface area contributed by atoms with Crippen molar-refractivity contribution in [3.63, 3.8) is 0 Å². The van der Waals surface area contributed by atoms with E-state index in [4.69, 9.17) is 0 Å². The fourth-order valence-corrected chi connectivity index (χ4v) is 1.63. The molecule has 0 fully saturated rings. The first-order chi connectivity index (χ1) is 9.29. The summed E-state index contributed by atoms with van der Waals surface area (Å²) in [4.78, 5) is 8.57. The van der Waals surface area contributed by atoms with E-state index >= 15 is 0 Å². The van der Waals surface area contributed by atoms with Crippen molar-refractivity contribution in [2.75, 3.05) is 23.7 Å². The van der Waals surface area contributed by atoms with Crippen molar-refractivity contribution >= 4 is 11.6 Å². The van der Waals surface area contributed by atoms with Gasteiger partial charge in [-0.05, 0) is 6.42 Å². The molecule has 2 N–H and O–H groups in total. The van der Waals surface area contributed by atoms with Crippen molar-refractivity contribution in [3.8, 4) is 0 Å². The Morgan fingerprint density at radius 3 is 2.53 bits per heavy atom. The second-order valence-corrected chi connectivity index (χ2v) is 4.25. The molecule has 2 rings (SSSR count). The maximum absolute atomic E-state index is 4.42. The van der Waals surface area contributed by atoms with Gasteiger partial charge in [-0.15, -0.1) is 10.2 Å². The molecule has 0 bridgehead atoms. The van der Waals surface area contributed by atoms with Crippen molar-refractivity contribution in [1.82, 2.24) is 24.7 Å². The third kappa shape index (κ3) is 3.90. The Balaban J connectivity index is 1.84. The lowest BCUT2D eigenvalue weighted by molar-refractivity contribution is 0.787. The van der Waals surface area contributed by atoms with Crippen LogP contribution in [0.5, 0.6) is 0 Å². The maximum atomic E-state index is 4.42. The molecule has 0 atom stereocenters. The molecule has 2 aromatic rings. The Morgan fingerprint density at radius 1 is 1.16 bits per heavy atom. The predicted molar refractivity (Wildman–Crippen MR) is 74.0 cm³/mol. The Bertz CT molecular complexity index is 508. The SMILES string of the molecule is CCCNc1cncc(NCCc2nncn2C)n1. The topological polar surface area (TPSA) is 80.5 Å². The van der Waals surface area contributed by atoms with Gasteiger partial charge < -0.3 is 15.2 Å². The highest BCUT2D eigenvalue weighted by atomic mass is 15.2. The average molecular weight is 261 g/mol. The lowest BCUT2D eigenvalue weighted by Gasteiger charge is -2.07. The molecule has 0 saturated carbocycles. The Morgan fingerprint density at radius 2 is 1.89 bits per heavy atom. The molecule has 2 aromatic heterocycles. The number of nitrogens with zero attached hydrogens (tertiary/aromatic N) is 5. The number of anilines is 2. The Kier molecular flexibility index (Phi) is 4.66. The first kappa shape index (κ1) is 13.3. The highest BCUT2D eigenvalue weighted by Gasteiger charge is 2.01. The molecular formula is C12H19N7. The highest BCUT2D eigenvalue weighted by Crippen LogP contribution is 2.06. The zero-order chi connectivity index (χ0) is 13.5. The summed E-state index contributed by atoms with van der Waals surface area (Å²) in [6.07, 6.45) is 7.00. The van der Waals surface area contributed by atoms with Crippen molar-refractivity contribution in [3.05, 3.63) is 24.5 Å². The molecule has 0 radical (unpaired) electrons. The van der Waals surface area contributed by atoms with Gasteiger partial charge in [0.15, 0.2) is 0 Å².